The van der Waals surface area contributed by atoms with E-state index in [0.717, 1.165) is 63.0 Å². The minimum atomic E-state index is -0.247. The van der Waals surface area contributed by atoms with Gasteiger partial charge in [0.25, 0.3) is 11.5 Å². The molecule has 6 nitrogen and oxygen atoms in total. The van der Waals surface area contributed by atoms with Crippen LogP contribution in [0.25, 0.3) is 6.08 Å². The van der Waals surface area contributed by atoms with E-state index in [9.17, 15) is 14.9 Å². The van der Waals surface area contributed by atoms with E-state index in [2.05, 4.69) is 11.0 Å². The molecule has 0 N–H and O–H groups in total. The van der Waals surface area contributed by atoms with Gasteiger partial charge in [0, 0.05) is 31.2 Å². The molecule has 1 aromatic rings. The van der Waals surface area contributed by atoms with Crippen LogP contribution in [-0.4, -0.2) is 38.8 Å². The number of hydrogen-bond donors (Lipinski definition) is 0. The standard InChI is InChI=1S/C25H32N4O2S2/c1-3-28-22(27-13-9-4-5-10-14-27)19(17(2)20(16-26)23(28)30)15-21-24(31)29(25(32)33-21)18-11-7-6-8-12-18/h15,18H,3-14H2,1-2H3. The monoisotopic (exact) mass is 484 g/mol. The predicted octanol–water partition coefficient (Wildman–Crippen LogP) is 4.96. The Morgan fingerprint density at radius 1 is 1.09 bits per heavy atom. The minimum Gasteiger partial charge on any atom is -0.357 e. The number of anilines is 1. The molecule has 0 spiro atoms. The van der Waals surface area contributed by atoms with Crippen LogP contribution in [0.3, 0.4) is 0 Å². The zero-order valence-corrected chi connectivity index (χ0v) is 21.2. The first-order valence-electron chi connectivity index (χ1n) is 12.2. The van der Waals surface area contributed by atoms with Gasteiger partial charge in [-0.15, -0.1) is 0 Å². The Hall–Kier alpha value is -2.11. The summed E-state index contributed by atoms with van der Waals surface area (Å²) < 4.78 is 2.33. The van der Waals surface area contributed by atoms with E-state index >= 15 is 0 Å². The molecule has 0 radical (unpaired) electrons. The molecule has 3 aliphatic rings. The smallest absolute Gasteiger partial charge is 0.270 e. The second-order valence-electron chi connectivity index (χ2n) is 9.14. The van der Waals surface area contributed by atoms with Crippen LogP contribution in [0.5, 0.6) is 0 Å². The summed E-state index contributed by atoms with van der Waals surface area (Å²) in [6.45, 7) is 5.98. The highest BCUT2D eigenvalue weighted by molar-refractivity contribution is 8.26. The van der Waals surface area contributed by atoms with Gasteiger partial charge in [-0.3, -0.25) is 19.1 Å². The van der Waals surface area contributed by atoms with E-state index in [4.69, 9.17) is 12.2 Å². The number of nitriles is 1. The van der Waals surface area contributed by atoms with Crippen LogP contribution in [-0.2, 0) is 11.3 Å². The third-order valence-corrected chi connectivity index (χ3v) is 8.44. The molecule has 33 heavy (non-hydrogen) atoms. The van der Waals surface area contributed by atoms with Crippen molar-refractivity contribution in [2.75, 3.05) is 18.0 Å². The van der Waals surface area contributed by atoms with Crippen LogP contribution >= 0.6 is 24.0 Å². The maximum Gasteiger partial charge on any atom is 0.270 e. The molecular weight excluding hydrogens is 452 g/mol. The van der Waals surface area contributed by atoms with E-state index in [1.165, 1.54) is 31.0 Å². The molecule has 2 saturated heterocycles. The minimum absolute atomic E-state index is 0.0362. The molecule has 176 valence electrons. The van der Waals surface area contributed by atoms with Crippen molar-refractivity contribution in [2.45, 2.75) is 84.2 Å². The van der Waals surface area contributed by atoms with Gasteiger partial charge in [-0.25, -0.2) is 0 Å². The van der Waals surface area contributed by atoms with Crippen molar-refractivity contribution in [1.29, 1.82) is 5.26 Å². The molecule has 0 unspecified atom stereocenters. The van der Waals surface area contributed by atoms with Gasteiger partial charge in [0.2, 0.25) is 0 Å². The number of carbonyl (C=O) groups is 1. The summed E-state index contributed by atoms with van der Waals surface area (Å²) in [5.74, 6) is 0.801. The number of pyridine rings is 1. The molecule has 0 atom stereocenters. The second kappa shape index (κ2) is 10.4. The number of amides is 1. The predicted molar refractivity (Wildman–Crippen MR) is 138 cm³/mol. The summed E-state index contributed by atoms with van der Waals surface area (Å²) in [5.41, 5.74) is 1.36. The van der Waals surface area contributed by atoms with Crippen LogP contribution in [0.2, 0.25) is 0 Å². The fraction of sp³-hybridized carbons (Fsp3) is 0.600. The fourth-order valence-electron chi connectivity index (χ4n) is 5.33. The molecule has 1 saturated carbocycles. The Labute approximate surface area is 205 Å². The SMILES string of the molecule is CCn1c(N2CCCCCC2)c(C=C2SC(=S)N(C3CCCCC3)C2=O)c(C)c(C#N)c1=O. The molecule has 1 aromatic heterocycles. The topological polar surface area (TPSA) is 69.3 Å². The van der Waals surface area contributed by atoms with Gasteiger partial charge in [0.15, 0.2) is 0 Å². The van der Waals surface area contributed by atoms with Gasteiger partial charge in [0.1, 0.15) is 21.8 Å². The summed E-state index contributed by atoms with van der Waals surface area (Å²) in [6, 6.07) is 2.30. The maximum absolute atomic E-state index is 13.5. The van der Waals surface area contributed by atoms with Crippen molar-refractivity contribution in [3.05, 3.63) is 31.9 Å². The van der Waals surface area contributed by atoms with Crippen molar-refractivity contribution in [3.8, 4) is 6.07 Å². The lowest BCUT2D eigenvalue weighted by atomic mass is 9.94. The van der Waals surface area contributed by atoms with Crippen molar-refractivity contribution in [2.24, 2.45) is 0 Å². The number of nitrogens with zero attached hydrogens (tertiary/aromatic N) is 4. The van der Waals surface area contributed by atoms with Crippen molar-refractivity contribution >= 4 is 46.1 Å². The Balaban J connectivity index is 1.83. The molecule has 0 aromatic carbocycles. The van der Waals surface area contributed by atoms with Crippen LogP contribution in [0.15, 0.2) is 9.70 Å². The van der Waals surface area contributed by atoms with E-state index in [1.54, 1.807) is 4.57 Å². The highest BCUT2D eigenvalue weighted by Crippen LogP contribution is 2.39. The first-order chi connectivity index (χ1) is 16.0. The van der Waals surface area contributed by atoms with Gasteiger partial charge in [-0.05, 0) is 51.2 Å². The van der Waals surface area contributed by atoms with Crippen LogP contribution in [0.1, 0.15) is 81.4 Å². The largest absolute Gasteiger partial charge is 0.357 e. The van der Waals surface area contributed by atoms with Crippen molar-refractivity contribution in [1.82, 2.24) is 9.47 Å². The van der Waals surface area contributed by atoms with Crippen molar-refractivity contribution < 1.29 is 4.79 Å². The number of hydrogen-bond acceptors (Lipinski definition) is 6. The first kappa shape index (κ1) is 24.0. The Kier molecular flexibility index (Phi) is 7.60. The fourth-order valence-corrected chi connectivity index (χ4v) is 6.71. The maximum atomic E-state index is 13.5. The molecule has 8 heteroatoms. The van der Waals surface area contributed by atoms with Crippen LogP contribution in [0, 0.1) is 18.3 Å². The third-order valence-electron chi connectivity index (χ3n) is 7.11. The number of aromatic nitrogens is 1. The summed E-state index contributed by atoms with van der Waals surface area (Å²) in [5, 5.41) is 9.76. The van der Waals surface area contributed by atoms with E-state index in [1.807, 2.05) is 24.8 Å². The Morgan fingerprint density at radius 2 is 1.73 bits per heavy atom. The average molecular weight is 485 g/mol. The van der Waals surface area contributed by atoms with Gasteiger partial charge in [0.05, 0.1) is 4.91 Å². The first-order valence-corrected chi connectivity index (χ1v) is 13.4. The molecule has 3 fully saturated rings. The zero-order chi connectivity index (χ0) is 23.5. The van der Waals surface area contributed by atoms with Gasteiger partial charge in [-0.1, -0.05) is 56.1 Å². The van der Waals surface area contributed by atoms with Gasteiger partial charge < -0.3 is 4.90 Å². The average Bonchev–Trinajstić information content (AvgIpc) is 2.98. The molecule has 1 amide bonds. The number of rotatable bonds is 4. The van der Waals surface area contributed by atoms with Crippen LogP contribution < -0.4 is 10.5 Å². The Morgan fingerprint density at radius 3 is 2.33 bits per heavy atom. The lowest BCUT2D eigenvalue weighted by Gasteiger charge is -2.30. The van der Waals surface area contributed by atoms with Crippen molar-refractivity contribution in [3.63, 3.8) is 0 Å². The molecular formula is C25H32N4O2S2. The van der Waals surface area contributed by atoms with Gasteiger partial charge in [-0.2, -0.15) is 5.26 Å². The zero-order valence-electron chi connectivity index (χ0n) is 19.6. The summed E-state index contributed by atoms with van der Waals surface area (Å²) in [7, 11) is 0. The Bertz CT molecular complexity index is 1070. The number of thiocarbonyl (C=S) groups is 1. The third kappa shape index (κ3) is 4.63. The lowest BCUT2D eigenvalue weighted by Crippen LogP contribution is -2.39. The van der Waals surface area contributed by atoms with E-state index < -0.39 is 0 Å². The number of thioether (sulfide) groups is 1. The molecule has 3 heterocycles. The molecule has 2 aliphatic heterocycles. The van der Waals surface area contributed by atoms with Gasteiger partial charge >= 0.3 is 0 Å². The molecule has 0 bridgehead atoms. The number of carbonyl (C=O) groups excluding carboxylic acids is 1. The highest BCUT2D eigenvalue weighted by Gasteiger charge is 2.38. The molecule has 1 aliphatic carbocycles. The highest BCUT2D eigenvalue weighted by atomic mass is 32.2. The molecule has 4 rings (SSSR count). The summed E-state index contributed by atoms with van der Waals surface area (Å²) in [4.78, 5) is 31.3. The van der Waals surface area contributed by atoms with Crippen LogP contribution in [0.4, 0.5) is 5.82 Å². The second-order valence-corrected chi connectivity index (χ2v) is 10.8. The van der Waals surface area contributed by atoms with E-state index in [-0.39, 0.29) is 23.1 Å². The lowest BCUT2D eigenvalue weighted by molar-refractivity contribution is -0.124. The van der Waals surface area contributed by atoms with E-state index in [0.29, 0.717) is 21.3 Å². The summed E-state index contributed by atoms with van der Waals surface area (Å²) in [6.07, 6.45) is 11.9. The normalized spacial score (nSPS) is 21.5. The quantitative estimate of drug-likeness (QED) is 0.444. The summed E-state index contributed by atoms with van der Waals surface area (Å²) >= 11 is 6.98.